The zero-order valence-corrected chi connectivity index (χ0v) is 18.8. The van der Waals surface area contributed by atoms with Gasteiger partial charge in [-0.15, -0.1) is 0 Å². The molecule has 32 heavy (non-hydrogen) atoms. The minimum Gasteiger partial charge on any atom is -0.489 e. The van der Waals surface area contributed by atoms with Gasteiger partial charge in [-0.25, -0.2) is 9.59 Å². The van der Waals surface area contributed by atoms with E-state index in [-0.39, 0.29) is 5.56 Å². The molecule has 0 aliphatic carbocycles. The van der Waals surface area contributed by atoms with E-state index in [0.29, 0.717) is 39.5 Å². The summed E-state index contributed by atoms with van der Waals surface area (Å²) < 4.78 is 17.5. The minimum absolute atomic E-state index is 0.281. The summed E-state index contributed by atoms with van der Waals surface area (Å²) in [6.07, 6.45) is 0. The molecule has 0 aliphatic heterocycles. The fourth-order valence-electron chi connectivity index (χ4n) is 3.49. The molecule has 0 unspecified atom stereocenters. The maximum Gasteiger partial charge on any atom is 0.344 e. The number of hydrogen-bond donors (Lipinski definition) is 0. The summed E-state index contributed by atoms with van der Waals surface area (Å²) in [5.74, 6) is 0.530. The zero-order valence-electron chi connectivity index (χ0n) is 16.4. The molecule has 0 spiro atoms. The van der Waals surface area contributed by atoms with Crippen LogP contribution in [-0.2, 0) is 6.61 Å². The van der Waals surface area contributed by atoms with E-state index in [1.807, 2.05) is 18.2 Å². The van der Waals surface area contributed by atoms with E-state index in [1.165, 1.54) is 6.07 Å². The van der Waals surface area contributed by atoms with Crippen LogP contribution in [0.25, 0.3) is 33.1 Å². The van der Waals surface area contributed by atoms with Crippen LogP contribution in [0.2, 0.25) is 5.02 Å². The van der Waals surface area contributed by atoms with Crippen molar-refractivity contribution in [1.82, 2.24) is 0 Å². The molecule has 0 bridgehead atoms. The van der Waals surface area contributed by atoms with Crippen LogP contribution in [0.3, 0.4) is 0 Å². The second kappa shape index (κ2) is 8.30. The number of rotatable bonds is 4. The summed E-state index contributed by atoms with van der Waals surface area (Å²) in [6.45, 7) is 0.329. The first kappa shape index (κ1) is 20.5. The van der Waals surface area contributed by atoms with Gasteiger partial charge in [-0.05, 0) is 54.1 Å². The fraction of sp³-hybridized carbons (Fsp3) is 0.0400. The summed E-state index contributed by atoms with van der Waals surface area (Å²) in [7, 11) is 0. The van der Waals surface area contributed by atoms with Crippen molar-refractivity contribution in [3.8, 4) is 16.9 Å². The van der Waals surface area contributed by atoms with Gasteiger partial charge in [0.1, 0.15) is 23.5 Å². The van der Waals surface area contributed by atoms with E-state index in [2.05, 4.69) is 15.9 Å². The quantitative estimate of drug-likeness (QED) is 0.257. The monoisotopic (exact) mass is 508 g/mol. The van der Waals surface area contributed by atoms with Gasteiger partial charge < -0.3 is 13.6 Å². The van der Waals surface area contributed by atoms with E-state index >= 15 is 0 Å². The van der Waals surface area contributed by atoms with E-state index in [1.54, 1.807) is 48.5 Å². The highest BCUT2D eigenvalue weighted by Gasteiger charge is 2.14. The highest BCUT2D eigenvalue weighted by molar-refractivity contribution is 9.10. The first-order valence-electron chi connectivity index (χ1n) is 9.65. The third-order valence-corrected chi connectivity index (χ3v) is 5.76. The van der Waals surface area contributed by atoms with Crippen molar-refractivity contribution in [2.45, 2.75) is 6.61 Å². The number of fused-ring (bicyclic) bond motifs is 2. The predicted molar refractivity (Wildman–Crippen MR) is 127 cm³/mol. The van der Waals surface area contributed by atoms with Crippen LogP contribution < -0.4 is 16.0 Å². The summed E-state index contributed by atoms with van der Waals surface area (Å²) in [4.78, 5) is 24.9. The zero-order chi connectivity index (χ0) is 22.2. The number of halogens is 2. The van der Waals surface area contributed by atoms with Crippen molar-refractivity contribution < 1.29 is 13.6 Å². The van der Waals surface area contributed by atoms with Gasteiger partial charge in [0.2, 0.25) is 0 Å². The first-order valence-corrected chi connectivity index (χ1v) is 10.8. The smallest absolute Gasteiger partial charge is 0.344 e. The van der Waals surface area contributed by atoms with Crippen molar-refractivity contribution >= 4 is 49.5 Å². The lowest BCUT2D eigenvalue weighted by molar-refractivity contribution is 0.306. The molecule has 0 N–H and O–H groups in total. The standard InChI is InChI=1S/C25H14BrClO5/c26-16-3-8-22-15(9-16)10-21(25(29)32-22)20-12-24(28)31-23-11-18(6-7-19(20)23)30-13-14-1-4-17(27)5-2-14/h1-12H,13H2. The lowest BCUT2D eigenvalue weighted by Crippen LogP contribution is -2.06. The van der Waals surface area contributed by atoms with Crippen molar-refractivity contribution in [2.24, 2.45) is 0 Å². The Morgan fingerprint density at radius 1 is 0.812 bits per heavy atom. The van der Waals surface area contributed by atoms with Crippen molar-refractivity contribution in [3.63, 3.8) is 0 Å². The molecule has 5 aromatic rings. The van der Waals surface area contributed by atoms with Crippen LogP contribution in [-0.4, -0.2) is 0 Å². The minimum atomic E-state index is -0.573. The summed E-state index contributed by atoms with van der Waals surface area (Å²) >= 11 is 9.33. The SMILES string of the molecule is O=c1cc(-c2cc3cc(Br)ccc3oc2=O)c2ccc(OCc3ccc(Cl)cc3)cc2o1. The molecule has 0 fully saturated rings. The van der Waals surface area contributed by atoms with Gasteiger partial charge >= 0.3 is 11.3 Å². The molecule has 2 aromatic heterocycles. The maximum absolute atomic E-state index is 12.7. The molecule has 2 heterocycles. The Balaban J connectivity index is 1.56. The molecule has 0 atom stereocenters. The molecule has 5 rings (SSSR count). The maximum atomic E-state index is 12.7. The van der Waals surface area contributed by atoms with Gasteiger partial charge in [0.15, 0.2) is 0 Å². The Hall–Kier alpha value is -3.35. The lowest BCUT2D eigenvalue weighted by Gasteiger charge is -2.09. The molecular formula is C25H14BrClO5. The number of benzene rings is 3. The lowest BCUT2D eigenvalue weighted by atomic mass is 10.0. The van der Waals surface area contributed by atoms with E-state index in [0.717, 1.165) is 15.4 Å². The van der Waals surface area contributed by atoms with Crippen LogP contribution >= 0.6 is 27.5 Å². The summed E-state index contributed by atoms with van der Waals surface area (Å²) in [5, 5.41) is 1.99. The van der Waals surface area contributed by atoms with E-state index in [4.69, 9.17) is 25.2 Å². The average molecular weight is 510 g/mol. The Morgan fingerprint density at radius 2 is 1.62 bits per heavy atom. The van der Waals surface area contributed by atoms with Gasteiger partial charge in [0, 0.05) is 38.0 Å². The fourth-order valence-corrected chi connectivity index (χ4v) is 3.99. The third kappa shape index (κ3) is 4.07. The second-order valence-corrected chi connectivity index (χ2v) is 8.53. The summed E-state index contributed by atoms with van der Waals surface area (Å²) in [5.41, 5.74) is 1.34. The van der Waals surface area contributed by atoms with Crippen molar-refractivity contribution in [3.05, 3.63) is 109 Å². The second-order valence-electron chi connectivity index (χ2n) is 7.18. The number of hydrogen-bond acceptors (Lipinski definition) is 5. The van der Waals surface area contributed by atoms with Crippen LogP contribution in [0.1, 0.15) is 5.56 Å². The highest BCUT2D eigenvalue weighted by Crippen LogP contribution is 2.30. The molecule has 0 amide bonds. The predicted octanol–water partition coefficient (Wildman–Crippen LogP) is 6.56. The molecular weight excluding hydrogens is 496 g/mol. The molecule has 0 aliphatic rings. The molecule has 5 nitrogen and oxygen atoms in total. The Morgan fingerprint density at radius 3 is 2.44 bits per heavy atom. The Labute approximate surface area is 194 Å². The molecule has 158 valence electrons. The normalized spacial score (nSPS) is 11.2. The van der Waals surface area contributed by atoms with Crippen molar-refractivity contribution in [1.29, 1.82) is 0 Å². The van der Waals surface area contributed by atoms with Gasteiger partial charge in [-0.2, -0.15) is 0 Å². The van der Waals surface area contributed by atoms with Crippen molar-refractivity contribution in [2.75, 3.05) is 0 Å². The third-order valence-electron chi connectivity index (χ3n) is 5.02. The summed E-state index contributed by atoms with van der Waals surface area (Å²) in [6, 6.07) is 20.9. The highest BCUT2D eigenvalue weighted by atomic mass is 79.9. The van der Waals surface area contributed by atoms with Gasteiger partial charge in [0.05, 0.1) is 5.56 Å². The van der Waals surface area contributed by atoms with Gasteiger partial charge in [-0.1, -0.05) is 39.7 Å². The number of ether oxygens (including phenoxy) is 1. The Bertz CT molecular complexity index is 1590. The van der Waals surface area contributed by atoms with Crippen LogP contribution in [0, 0.1) is 0 Å². The van der Waals surface area contributed by atoms with Crippen LogP contribution in [0.4, 0.5) is 0 Å². The van der Waals surface area contributed by atoms with E-state index < -0.39 is 11.3 Å². The molecule has 0 radical (unpaired) electrons. The molecule has 7 heteroatoms. The topological polar surface area (TPSA) is 69.7 Å². The van der Waals surface area contributed by atoms with E-state index in [9.17, 15) is 9.59 Å². The molecule has 0 saturated heterocycles. The first-order chi connectivity index (χ1) is 15.5. The molecule has 3 aromatic carbocycles. The molecule has 0 saturated carbocycles. The van der Waals surface area contributed by atoms with Crippen LogP contribution in [0.15, 0.2) is 95.7 Å². The Kier molecular flexibility index (Phi) is 5.33. The largest absolute Gasteiger partial charge is 0.489 e. The average Bonchev–Trinajstić information content (AvgIpc) is 2.78. The van der Waals surface area contributed by atoms with Crippen LogP contribution in [0.5, 0.6) is 5.75 Å². The van der Waals surface area contributed by atoms with Gasteiger partial charge in [0.25, 0.3) is 0 Å². The van der Waals surface area contributed by atoms with Gasteiger partial charge in [-0.3, -0.25) is 0 Å².